The summed E-state index contributed by atoms with van der Waals surface area (Å²) in [5.41, 5.74) is 4.30. The highest BCUT2D eigenvalue weighted by Crippen LogP contribution is 2.52. The molecule has 1 aromatic carbocycles. The molecule has 4 heterocycles. The molecule has 2 aliphatic carbocycles. The Hall–Kier alpha value is -3.46. The summed E-state index contributed by atoms with van der Waals surface area (Å²) in [5, 5.41) is 17.0. The minimum absolute atomic E-state index is 0.104. The molecule has 2 saturated carbocycles. The number of carbonyl (C=O) groups is 2. The molecule has 3 aromatic rings. The molecule has 4 aliphatic rings. The molecule has 0 bridgehead atoms. The van der Waals surface area contributed by atoms with Crippen molar-refractivity contribution >= 4 is 23.2 Å². The SMILES string of the molecule is Cc1cc(N2CC[C@](C)(c3ccccc3)C2)cn2nc(C(=O)NC3CCC(N4CC5C(C4)C5C(=O)O)CC3)nc12. The Morgan fingerprint density at radius 3 is 2.50 bits per heavy atom. The number of amides is 1. The van der Waals surface area contributed by atoms with Gasteiger partial charge in [0.25, 0.3) is 5.91 Å². The largest absolute Gasteiger partial charge is 0.481 e. The first-order chi connectivity index (χ1) is 19.3. The van der Waals surface area contributed by atoms with Crippen molar-refractivity contribution in [1.82, 2.24) is 24.8 Å². The maximum Gasteiger partial charge on any atom is 0.307 e. The quantitative estimate of drug-likeness (QED) is 0.491. The van der Waals surface area contributed by atoms with Gasteiger partial charge in [0.15, 0.2) is 5.65 Å². The van der Waals surface area contributed by atoms with Crippen LogP contribution in [0.2, 0.25) is 0 Å². The second kappa shape index (κ2) is 9.58. The molecular formula is C31H38N6O3. The van der Waals surface area contributed by atoms with E-state index in [-0.39, 0.29) is 29.1 Å². The van der Waals surface area contributed by atoms with Gasteiger partial charge in [-0.05, 0) is 68.1 Å². The zero-order chi connectivity index (χ0) is 27.6. The number of carbonyl (C=O) groups excluding carboxylic acids is 1. The van der Waals surface area contributed by atoms with E-state index >= 15 is 0 Å². The third kappa shape index (κ3) is 4.44. The number of likely N-dealkylation sites (tertiary alicyclic amines) is 1. The van der Waals surface area contributed by atoms with Crippen molar-refractivity contribution in [1.29, 1.82) is 0 Å². The van der Waals surface area contributed by atoms with E-state index in [1.165, 1.54) is 5.56 Å². The number of hydrogen-bond acceptors (Lipinski definition) is 6. The molecular weight excluding hydrogens is 504 g/mol. The monoisotopic (exact) mass is 542 g/mol. The second-order valence-electron chi connectivity index (χ2n) is 12.8. The highest BCUT2D eigenvalue weighted by molar-refractivity contribution is 5.91. The average Bonchev–Trinajstić information content (AvgIpc) is 3.34. The lowest BCUT2D eigenvalue weighted by Crippen LogP contribution is -2.44. The number of aromatic nitrogens is 3. The van der Waals surface area contributed by atoms with Crippen LogP contribution in [0.25, 0.3) is 5.65 Å². The van der Waals surface area contributed by atoms with E-state index in [0.717, 1.165) is 75.2 Å². The summed E-state index contributed by atoms with van der Waals surface area (Å²) in [6, 6.07) is 13.5. The molecule has 2 unspecified atom stereocenters. The average molecular weight is 543 g/mol. The van der Waals surface area contributed by atoms with Crippen LogP contribution in [-0.2, 0) is 10.2 Å². The van der Waals surface area contributed by atoms with Gasteiger partial charge in [-0.2, -0.15) is 0 Å². The van der Waals surface area contributed by atoms with Crippen molar-refractivity contribution in [2.45, 2.75) is 63.5 Å². The minimum atomic E-state index is -0.630. The molecule has 4 fully saturated rings. The fourth-order valence-corrected chi connectivity index (χ4v) is 7.72. The molecule has 40 heavy (non-hydrogen) atoms. The number of fused-ring (bicyclic) bond motifs is 2. The van der Waals surface area contributed by atoms with Gasteiger partial charge in [-0.1, -0.05) is 37.3 Å². The van der Waals surface area contributed by atoms with Crippen molar-refractivity contribution in [3.05, 3.63) is 59.5 Å². The Labute approximate surface area is 234 Å². The van der Waals surface area contributed by atoms with Gasteiger partial charge in [0.1, 0.15) is 0 Å². The van der Waals surface area contributed by atoms with Crippen LogP contribution < -0.4 is 10.2 Å². The summed E-state index contributed by atoms with van der Waals surface area (Å²) in [7, 11) is 0. The van der Waals surface area contributed by atoms with Crippen LogP contribution in [0.4, 0.5) is 5.69 Å². The van der Waals surface area contributed by atoms with Crippen molar-refractivity contribution in [2.75, 3.05) is 31.1 Å². The molecule has 1 amide bonds. The summed E-state index contributed by atoms with van der Waals surface area (Å²) in [6.45, 7) is 8.11. The summed E-state index contributed by atoms with van der Waals surface area (Å²) in [5.74, 6) is -0.0443. The van der Waals surface area contributed by atoms with Crippen LogP contribution in [0.15, 0.2) is 42.6 Å². The normalized spacial score (nSPS) is 31.9. The first-order valence-electron chi connectivity index (χ1n) is 14.7. The zero-order valence-corrected chi connectivity index (χ0v) is 23.3. The summed E-state index contributed by atoms with van der Waals surface area (Å²) >= 11 is 0. The third-order valence-electron chi connectivity index (χ3n) is 10.2. The van der Waals surface area contributed by atoms with E-state index in [2.05, 4.69) is 68.5 Å². The van der Waals surface area contributed by atoms with Crippen molar-refractivity contribution in [2.24, 2.45) is 17.8 Å². The summed E-state index contributed by atoms with van der Waals surface area (Å²) in [4.78, 5) is 33.9. The lowest BCUT2D eigenvalue weighted by molar-refractivity contribution is -0.139. The number of benzene rings is 1. The number of pyridine rings is 1. The van der Waals surface area contributed by atoms with Crippen LogP contribution in [0.3, 0.4) is 0 Å². The van der Waals surface area contributed by atoms with Gasteiger partial charge >= 0.3 is 5.97 Å². The van der Waals surface area contributed by atoms with Gasteiger partial charge in [-0.25, -0.2) is 9.50 Å². The summed E-state index contributed by atoms with van der Waals surface area (Å²) in [6.07, 6.45) is 7.00. The first kappa shape index (κ1) is 25.5. The van der Waals surface area contributed by atoms with E-state index in [1.807, 2.05) is 13.1 Å². The number of nitrogens with zero attached hydrogens (tertiary/aromatic N) is 5. The van der Waals surface area contributed by atoms with Gasteiger partial charge in [-0.3, -0.25) is 14.5 Å². The van der Waals surface area contributed by atoms with Crippen molar-refractivity contribution in [3.63, 3.8) is 0 Å². The lowest BCUT2D eigenvalue weighted by Gasteiger charge is -2.35. The highest BCUT2D eigenvalue weighted by atomic mass is 16.4. The number of hydrogen-bond donors (Lipinski definition) is 2. The van der Waals surface area contributed by atoms with Gasteiger partial charge in [0, 0.05) is 43.7 Å². The van der Waals surface area contributed by atoms with E-state index in [4.69, 9.17) is 0 Å². The number of rotatable bonds is 6. The Balaban J connectivity index is 0.972. The molecule has 210 valence electrons. The van der Waals surface area contributed by atoms with E-state index in [0.29, 0.717) is 17.9 Å². The molecule has 2 aromatic heterocycles. The van der Waals surface area contributed by atoms with Gasteiger partial charge in [0.05, 0.1) is 17.8 Å². The van der Waals surface area contributed by atoms with Crippen molar-refractivity contribution in [3.8, 4) is 0 Å². The smallest absolute Gasteiger partial charge is 0.307 e. The number of carboxylic acids is 1. The second-order valence-corrected chi connectivity index (χ2v) is 12.8. The maximum absolute atomic E-state index is 13.1. The molecule has 2 aliphatic heterocycles. The highest BCUT2D eigenvalue weighted by Gasteiger charge is 2.60. The first-order valence-corrected chi connectivity index (χ1v) is 14.7. The number of carboxylic acid groups (broad SMARTS) is 1. The van der Waals surface area contributed by atoms with Crippen LogP contribution in [0, 0.1) is 24.7 Å². The third-order valence-corrected chi connectivity index (χ3v) is 10.2. The minimum Gasteiger partial charge on any atom is -0.481 e. The number of piperidine rings is 1. The number of anilines is 1. The van der Waals surface area contributed by atoms with Crippen LogP contribution in [0.1, 0.15) is 60.8 Å². The molecule has 7 rings (SSSR count). The summed E-state index contributed by atoms with van der Waals surface area (Å²) < 4.78 is 1.76. The molecule has 0 spiro atoms. The lowest BCUT2D eigenvalue weighted by atomic mass is 9.82. The molecule has 3 atom stereocenters. The molecule has 2 N–H and O–H groups in total. The van der Waals surface area contributed by atoms with Crippen LogP contribution >= 0.6 is 0 Å². The van der Waals surface area contributed by atoms with E-state index in [9.17, 15) is 14.7 Å². The Bertz CT molecular complexity index is 1440. The Morgan fingerprint density at radius 1 is 1.07 bits per heavy atom. The number of aliphatic carboxylic acids is 1. The van der Waals surface area contributed by atoms with E-state index < -0.39 is 5.97 Å². The number of aryl methyl sites for hydroxylation is 1. The van der Waals surface area contributed by atoms with Gasteiger partial charge in [0.2, 0.25) is 5.82 Å². The van der Waals surface area contributed by atoms with Crippen LogP contribution in [0.5, 0.6) is 0 Å². The molecule has 9 nitrogen and oxygen atoms in total. The van der Waals surface area contributed by atoms with Crippen LogP contribution in [-0.4, -0.2) is 74.7 Å². The Kier molecular flexibility index (Phi) is 6.11. The molecule has 0 radical (unpaired) electrons. The van der Waals surface area contributed by atoms with E-state index in [1.54, 1.807) is 4.52 Å². The Morgan fingerprint density at radius 2 is 1.80 bits per heavy atom. The van der Waals surface area contributed by atoms with Gasteiger partial charge < -0.3 is 15.3 Å². The van der Waals surface area contributed by atoms with Gasteiger partial charge in [-0.15, -0.1) is 5.10 Å². The predicted molar refractivity (Wildman–Crippen MR) is 152 cm³/mol. The topological polar surface area (TPSA) is 103 Å². The number of nitrogens with one attached hydrogen (secondary N) is 1. The fraction of sp³-hybridized carbons (Fsp3) is 0.548. The fourth-order valence-electron chi connectivity index (χ4n) is 7.72. The zero-order valence-electron chi connectivity index (χ0n) is 23.3. The molecule has 9 heteroatoms. The molecule has 2 saturated heterocycles. The van der Waals surface area contributed by atoms with Crippen molar-refractivity contribution < 1.29 is 14.7 Å². The maximum atomic E-state index is 13.1. The standard InChI is InChI=1S/C31H38N6O3/c1-19-14-23(35-13-12-31(2,18-35)20-6-4-3-5-7-20)15-37-28(19)33-27(34-37)29(38)32-21-8-10-22(11-9-21)36-16-24-25(17-36)26(24)30(39)40/h3-7,14-15,21-22,24-26H,8-13,16-18H2,1-2H3,(H,32,38)(H,39,40)/t21?,22?,24?,25?,26?,31-/m0/s1. The predicted octanol–water partition coefficient (Wildman–Crippen LogP) is 3.51.